The molecule has 1 aliphatic heterocycles. The molecule has 6 aliphatic rings. The van der Waals surface area contributed by atoms with Crippen LogP contribution in [0.15, 0.2) is 11.6 Å². The molecule has 0 aromatic heterocycles. The minimum absolute atomic E-state index is 0.0741. The lowest BCUT2D eigenvalue weighted by molar-refractivity contribution is -0.155. The van der Waals surface area contributed by atoms with E-state index in [0.717, 1.165) is 0 Å². The summed E-state index contributed by atoms with van der Waals surface area (Å²) in [5.74, 6) is 2.16. The fourth-order valence-electron chi connectivity index (χ4n) is 4.90. The fraction of sp³-hybridized carbons (Fsp3) is 0.636. The van der Waals surface area contributed by atoms with Crippen LogP contribution in [0.1, 0.15) is 0 Å². The number of cyclic esters (lactones) is 2. The predicted octanol–water partition coefficient (Wildman–Crippen LogP) is 0.364. The lowest BCUT2D eigenvalue weighted by Crippen LogP contribution is -2.26. The highest BCUT2D eigenvalue weighted by Crippen LogP contribution is 2.81. The molecule has 0 aromatic carbocycles. The number of carbonyl (C=O) groups is 2. The molecule has 6 bridgehead atoms. The first-order valence-corrected chi connectivity index (χ1v) is 5.26. The maximum Gasteiger partial charge on any atom is 0.317 e. The van der Waals surface area contributed by atoms with Crippen molar-refractivity contribution in [2.45, 2.75) is 0 Å². The van der Waals surface area contributed by atoms with E-state index in [1.807, 2.05) is 0 Å². The zero-order chi connectivity index (χ0) is 9.19. The Morgan fingerprint density at radius 3 is 2.00 bits per heavy atom. The number of hydrogen-bond acceptors (Lipinski definition) is 3. The highest BCUT2D eigenvalue weighted by Gasteiger charge is 2.80. The van der Waals surface area contributed by atoms with Gasteiger partial charge in [0, 0.05) is 0 Å². The number of rotatable bonds is 0. The van der Waals surface area contributed by atoms with Crippen LogP contribution in [0.25, 0.3) is 0 Å². The lowest BCUT2D eigenvalue weighted by atomic mass is 9.81. The number of esters is 2. The Hall–Kier alpha value is -1.12. The summed E-state index contributed by atoms with van der Waals surface area (Å²) in [6.45, 7) is 0. The van der Waals surface area contributed by atoms with Gasteiger partial charge < -0.3 is 4.74 Å². The summed E-state index contributed by atoms with van der Waals surface area (Å²) in [5, 5.41) is 0. The summed E-state index contributed by atoms with van der Waals surface area (Å²) in [6, 6.07) is 0. The zero-order valence-corrected chi connectivity index (χ0v) is 7.34. The molecule has 4 fully saturated rings. The van der Waals surface area contributed by atoms with Crippen LogP contribution in [0.4, 0.5) is 0 Å². The van der Waals surface area contributed by atoms with Gasteiger partial charge in [0.25, 0.3) is 0 Å². The first-order valence-electron chi connectivity index (χ1n) is 5.26. The summed E-state index contributed by atoms with van der Waals surface area (Å²) in [7, 11) is 0. The van der Waals surface area contributed by atoms with Gasteiger partial charge >= 0.3 is 11.9 Å². The van der Waals surface area contributed by atoms with E-state index in [2.05, 4.69) is 6.08 Å². The zero-order valence-electron chi connectivity index (χ0n) is 7.34. The second kappa shape index (κ2) is 1.47. The maximum absolute atomic E-state index is 11.5. The second-order valence-electron chi connectivity index (χ2n) is 5.24. The van der Waals surface area contributed by atoms with Gasteiger partial charge in [-0.15, -0.1) is 0 Å². The van der Waals surface area contributed by atoms with Crippen LogP contribution in [0.3, 0.4) is 0 Å². The molecule has 6 atom stereocenters. The van der Waals surface area contributed by atoms with Crippen molar-refractivity contribution in [1.82, 2.24) is 0 Å². The fourth-order valence-corrected chi connectivity index (χ4v) is 4.90. The van der Waals surface area contributed by atoms with Crippen molar-refractivity contribution in [3.63, 3.8) is 0 Å². The predicted molar refractivity (Wildman–Crippen MR) is 43.6 cm³/mol. The van der Waals surface area contributed by atoms with E-state index in [-0.39, 0.29) is 23.8 Å². The molecular weight excluding hydrogens is 180 g/mol. The van der Waals surface area contributed by atoms with Gasteiger partial charge in [0.15, 0.2) is 0 Å². The van der Waals surface area contributed by atoms with Crippen molar-refractivity contribution < 1.29 is 14.3 Å². The van der Waals surface area contributed by atoms with Gasteiger partial charge in [-0.2, -0.15) is 0 Å². The molecule has 3 heteroatoms. The number of carbonyl (C=O) groups excluding carboxylic acids is 2. The van der Waals surface area contributed by atoms with Gasteiger partial charge in [-0.25, -0.2) is 0 Å². The van der Waals surface area contributed by atoms with Crippen LogP contribution >= 0.6 is 0 Å². The lowest BCUT2D eigenvalue weighted by Gasteiger charge is -2.16. The molecule has 0 N–H and O–H groups in total. The Kier molecular flexibility index (Phi) is 0.672. The number of ether oxygens (including phenoxy) is 1. The van der Waals surface area contributed by atoms with Gasteiger partial charge in [-0.05, 0) is 29.6 Å². The molecule has 3 saturated carbocycles. The van der Waals surface area contributed by atoms with Crippen LogP contribution < -0.4 is 0 Å². The number of fused-ring (bicyclic) bond motifs is 1. The van der Waals surface area contributed by atoms with E-state index in [1.165, 1.54) is 0 Å². The van der Waals surface area contributed by atoms with Crippen molar-refractivity contribution in [3.05, 3.63) is 11.6 Å². The Labute approximate surface area is 80.1 Å². The van der Waals surface area contributed by atoms with E-state index in [0.29, 0.717) is 29.6 Å². The molecule has 70 valence electrons. The quantitative estimate of drug-likeness (QED) is 0.313. The average molecular weight is 188 g/mol. The minimum atomic E-state index is -0.238. The van der Waals surface area contributed by atoms with Crippen LogP contribution in [-0.2, 0) is 14.3 Å². The molecule has 0 aromatic rings. The molecule has 6 rings (SSSR count). The second-order valence-corrected chi connectivity index (χ2v) is 5.24. The van der Waals surface area contributed by atoms with Crippen molar-refractivity contribution in [2.75, 3.05) is 0 Å². The third kappa shape index (κ3) is 0.380. The smallest absolute Gasteiger partial charge is 0.317 e. The molecule has 0 spiro atoms. The average Bonchev–Trinajstić information content (AvgIpc) is 2.60. The van der Waals surface area contributed by atoms with Crippen LogP contribution in [-0.4, -0.2) is 11.9 Å². The van der Waals surface area contributed by atoms with Crippen LogP contribution in [0.5, 0.6) is 0 Å². The Bertz CT molecular complexity index is 413. The van der Waals surface area contributed by atoms with E-state index in [1.54, 1.807) is 5.57 Å². The topological polar surface area (TPSA) is 43.4 Å². The Morgan fingerprint density at radius 1 is 0.929 bits per heavy atom. The molecule has 0 amide bonds. The largest absolute Gasteiger partial charge is 0.393 e. The molecular formula is C11H8O3. The van der Waals surface area contributed by atoms with E-state index in [9.17, 15) is 9.59 Å². The minimum Gasteiger partial charge on any atom is -0.393 e. The van der Waals surface area contributed by atoms with E-state index >= 15 is 0 Å². The summed E-state index contributed by atoms with van der Waals surface area (Å²) in [6.07, 6.45) is 2.34. The van der Waals surface area contributed by atoms with Crippen LogP contribution in [0, 0.1) is 41.4 Å². The molecule has 14 heavy (non-hydrogen) atoms. The van der Waals surface area contributed by atoms with E-state index < -0.39 is 0 Å². The third-order valence-corrected chi connectivity index (χ3v) is 5.11. The first-order chi connectivity index (χ1) is 6.79. The number of allylic oxidation sites excluding steroid dienone is 2. The maximum atomic E-state index is 11.5. The first kappa shape index (κ1) is 6.38. The Morgan fingerprint density at radius 2 is 1.50 bits per heavy atom. The molecule has 1 saturated heterocycles. The molecule has 0 radical (unpaired) electrons. The number of hydrogen-bond donors (Lipinski definition) is 0. The van der Waals surface area contributed by atoms with Crippen molar-refractivity contribution >= 4 is 11.9 Å². The van der Waals surface area contributed by atoms with Gasteiger partial charge in [0.05, 0.1) is 11.8 Å². The summed E-state index contributed by atoms with van der Waals surface area (Å²) >= 11 is 0. The SMILES string of the molecule is O=C1OC(=O)C2C1C1C3C=C4C1C4C32. The standard InChI is InChI=1S/C11H8O3/c12-10-8-6-3-1-2-4(6)5(2)7(3)9(8)11(13)14-10/h1,3-9H. The van der Waals surface area contributed by atoms with Crippen molar-refractivity contribution in [2.24, 2.45) is 41.4 Å². The highest BCUT2D eigenvalue weighted by molar-refractivity contribution is 5.98. The van der Waals surface area contributed by atoms with Gasteiger partial charge in [-0.3, -0.25) is 9.59 Å². The molecule has 3 nitrogen and oxygen atoms in total. The summed E-state index contributed by atoms with van der Waals surface area (Å²) in [4.78, 5) is 23.0. The summed E-state index contributed by atoms with van der Waals surface area (Å²) in [5.41, 5.74) is 1.56. The van der Waals surface area contributed by atoms with Crippen molar-refractivity contribution in [3.8, 4) is 0 Å². The van der Waals surface area contributed by atoms with Gasteiger partial charge in [-0.1, -0.05) is 11.6 Å². The summed E-state index contributed by atoms with van der Waals surface area (Å²) < 4.78 is 4.74. The van der Waals surface area contributed by atoms with Crippen LogP contribution in [0.2, 0.25) is 0 Å². The monoisotopic (exact) mass is 188 g/mol. The molecule has 6 unspecified atom stereocenters. The molecule has 1 heterocycles. The normalized spacial score (nSPS) is 64.3. The molecule has 5 aliphatic carbocycles. The van der Waals surface area contributed by atoms with Crippen molar-refractivity contribution in [1.29, 1.82) is 0 Å². The third-order valence-electron chi connectivity index (χ3n) is 5.11. The van der Waals surface area contributed by atoms with Gasteiger partial charge in [0.2, 0.25) is 0 Å². The highest BCUT2D eigenvalue weighted by atomic mass is 16.6. The Balaban J connectivity index is 1.75. The van der Waals surface area contributed by atoms with E-state index in [4.69, 9.17) is 4.74 Å². The van der Waals surface area contributed by atoms with Gasteiger partial charge in [0.1, 0.15) is 0 Å².